The Balaban J connectivity index is 1.74. The van der Waals surface area contributed by atoms with Gasteiger partial charge in [0.25, 0.3) is 5.56 Å². The van der Waals surface area contributed by atoms with E-state index < -0.39 is 0 Å². The molecule has 3 aromatic rings. The van der Waals surface area contributed by atoms with Crippen molar-refractivity contribution < 1.29 is 4.79 Å². The number of benzene rings is 2. The first-order chi connectivity index (χ1) is 15.0. The predicted molar refractivity (Wildman–Crippen MR) is 130 cm³/mol. The highest BCUT2D eigenvalue weighted by molar-refractivity contribution is 7.99. The number of carbonyl (C=O) groups is 1. The Labute approximate surface area is 187 Å². The van der Waals surface area contributed by atoms with E-state index in [4.69, 9.17) is 0 Å². The molecule has 0 saturated carbocycles. The maximum Gasteiger partial charge on any atom is 0.262 e. The van der Waals surface area contributed by atoms with Crippen LogP contribution in [0.15, 0.2) is 58.5 Å². The van der Waals surface area contributed by atoms with E-state index >= 15 is 0 Å². The summed E-state index contributed by atoms with van der Waals surface area (Å²) in [7, 11) is 0. The second kappa shape index (κ2) is 10.5. The highest BCUT2D eigenvalue weighted by Crippen LogP contribution is 2.23. The van der Waals surface area contributed by atoms with Crippen molar-refractivity contribution in [3.63, 3.8) is 0 Å². The summed E-state index contributed by atoms with van der Waals surface area (Å²) in [5, 5.41) is 4.11. The number of aromatic nitrogens is 2. The summed E-state index contributed by atoms with van der Waals surface area (Å²) in [4.78, 5) is 32.5. The molecule has 1 N–H and O–H groups in total. The molecule has 1 unspecified atom stereocenters. The Kier molecular flexibility index (Phi) is 7.74. The molecule has 1 aromatic heterocycles. The van der Waals surface area contributed by atoms with Gasteiger partial charge in [0.1, 0.15) is 0 Å². The summed E-state index contributed by atoms with van der Waals surface area (Å²) in [6.07, 6.45) is 0.804. The van der Waals surface area contributed by atoms with E-state index in [0.717, 1.165) is 30.9 Å². The molecule has 0 aliphatic rings. The van der Waals surface area contributed by atoms with Crippen molar-refractivity contribution in [2.75, 3.05) is 29.1 Å². The van der Waals surface area contributed by atoms with Crippen molar-refractivity contribution >= 4 is 39.9 Å². The predicted octanol–water partition coefficient (Wildman–Crippen LogP) is 4.94. The van der Waals surface area contributed by atoms with Gasteiger partial charge in [-0.1, -0.05) is 30.8 Å². The number of rotatable bonds is 9. The monoisotopic (exact) mass is 438 g/mol. The van der Waals surface area contributed by atoms with Gasteiger partial charge >= 0.3 is 0 Å². The second-order valence-corrected chi connectivity index (χ2v) is 8.34. The molecule has 0 saturated heterocycles. The molecule has 1 heterocycles. The lowest BCUT2D eigenvalue weighted by Gasteiger charge is -2.21. The number of para-hydroxylation sites is 1. The summed E-state index contributed by atoms with van der Waals surface area (Å²) < 4.78 is 1.71. The smallest absolute Gasteiger partial charge is 0.262 e. The first-order valence-corrected chi connectivity index (χ1v) is 11.8. The first-order valence-electron chi connectivity index (χ1n) is 10.8. The third kappa shape index (κ3) is 5.28. The summed E-state index contributed by atoms with van der Waals surface area (Å²) >= 11 is 1.29. The van der Waals surface area contributed by atoms with Gasteiger partial charge in [-0.05, 0) is 63.6 Å². The van der Waals surface area contributed by atoms with Crippen molar-refractivity contribution in [3.8, 4) is 0 Å². The third-order valence-electron chi connectivity index (χ3n) is 5.42. The SMILES string of the molecule is CCC(C)n1c(SCC(=O)Nc2ccc(N(CC)CC)cc2)nc2ccccc2c1=O. The van der Waals surface area contributed by atoms with Crippen LogP contribution in [0.4, 0.5) is 11.4 Å². The molecule has 0 aliphatic heterocycles. The van der Waals surface area contributed by atoms with Gasteiger partial charge < -0.3 is 10.2 Å². The molecule has 164 valence electrons. The van der Waals surface area contributed by atoms with Crippen LogP contribution in [0.1, 0.15) is 40.2 Å². The summed E-state index contributed by atoms with van der Waals surface area (Å²) in [5.41, 5.74) is 2.49. The van der Waals surface area contributed by atoms with E-state index in [0.29, 0.717) is 16.1 Å². The van der Waals surface area contributed by atoms with Gasteiger partial charge in [-0.3, -0.25) is 14.2 Å². The van der Waals surface area contributed by atoms with Crippen molar-refractivity contribution in [1.82, 2.24) is 9.55 Å². The molecule has 1 amide bonds. The maximum absolute atomic E-state index is 13.0. The highest BCUT2D eigenvalue weighted by Gasteiger charge is 2.16. The van der Waals surface area contributed by atoms with Crippen LogP contribution in [0, 0.1) is 0 Å². The summed E-state index contributed by atoms with van der Waals surface area (Å²) in [6, 6.07) is 15.2. The molecule has 0 spiro atoms. The van der Waals surface area contributed by atoms with Gasteiger partial charge in [0.05, 0.1) is 16.7 Å². The van der Waals surface area contributed by atoms with E-state index in [1.54, 1.807) is 10.6 Å². The molecule has 3 rings (SSSR count). The van der Waals surface area contributed by atoms with Crippen LogP contribution in [0.3, 0.4) is 0 Å². The second-order valence-electron chi connectivity index (χ2n) is 7.40. The number of carbonyl (C=O) groups excluding carboxylic acids is 1. The topological polar surface area (TPSA) is 67.2 Å². The maximum atomic E-state index is 13.0. The Morgan fingerprint density at radius 3 is 2.42 bits per heavy atom. The van der Waals surface area contributed by atoms with E-state index in [9.17, 15) is 9.59 Å². The minimum atomic E-state index is -0.126. The van der Waals surface area contributed by atoms with E-state index in [2.05, 4.69) is 29.0 Å². The average Bonchev–Trinajstić information content (AvgIpc) is 2.79. The number of nitrogens with zero attached hydrogens (tertiary/aromatic N) is 3. The molecule has 2 aromatic carbocycles. The zero-order valence-electron chi connectivity index (χ0n) is 18.6. The number of fused-ring (bicyclic) bond motifs is 1. The number of anilines is 2. The third-order valence-corrected chi connectivity index (χ3v) is 6.37. The fourth-order valence-electron chi connectivity index (χ4n) is 3.47. The van der Waals surface area contributed by atoms with Crippen LogP contribution in [0.5, 0.6) is 0 Å². The molecule has 6 nitrogen and oxygen atoms in total. The van der Waals surface area contributed by atoms with Crippen LogP contribution in [0.25, 0.3) is 10.9 Å². The lowest BCUT2D eigenvalue weighted by molar-refractivity contribution is -0.113. The Morgan fingerprint density at radius 1 is 1.10 bits per heavy atom. The molecule has 0 bridgehead atoms. The lowest BCUT2D eigenvalue weighted by atomic mass is 10.2. The van der Waals surface area contributed by atoms with Gasteiger partial charge in [-0.2, -0.15) is 0 Å². The first kappa shape index (κ1) is 22.9. The number of hydrogen-bond donors (Lipinski definition) is 1. The molecular formula is C24H30N4O2S. The molecular weight excluding hydrogens is 408 g/mol. The number of thioether (sulfide) groups is 1. The van der Waals surface area contributed by atoms with E-state index in [1.807, 2.05) is 56.3 Å². The van der Waals surface area contributed by atoms with Crippen molar-refractivity contribution in [1.29, 1.82) is 0 Å². The quantitative estimate of drug-likeness (QED) is 0.378. The van der Waals surface area contributed by atoms with Crippen molar-refractivity contribution in [3.05, 3.63) is 58.9 Å². The minimum absolute atomic E-state index is 0.00258. The highest BCUT2D eigenvalue weighted by atomic mass is 32.2. The zero-order valence-corrected chi connectivity index (χ0v) is 19.4. The molecule has 7 heteroatoms. The number of nitrogens with one attached hydrogen (secondary N) is 1. The standard InChI is InChI=1S/C24H30N4O2S/c1-5-17(4)28-23(30)20-10-8-9-11-21(20)26-24(28)31-16-22(29)25-18-12-14-19(15-13-18)27(6-2)7-3/h8-15,17H,5-7,16H2,1-4H3,(H,25,29). The Hall–Kier alpha value is -2.80. The molecule has 0 radical (unpaired) electrons. The summed E-state index contributed by atoms with van der Waals surface area (Å²) in [5.74, 6) is 0.0534. The average molecular weight is 439 g/mol. The van der Waals surface area contributed by atoms with Crippen LogP contribution in [0.2, 0.25) is 0 Å². The number of hydrogen-bond acceptors (Lipinski definition) is 5. The van der Waals surface area contributed by atoms with E-state index in [-0.39, 0.29) is 23.3 Å². The number of amides is 1. The lowest BCUT2D eigenvalue weighted by Crippen LogP contribution is -2.26. The Bertz CT molecular complexity index is 1090. The normalized spacial score (nSPS) is 12.0. The molecule has 0 aliphatic carbocycles. The van der Waals surface area contributed by atoms with E-state index in [1.165, 1.54) is 11.8 Å². The van der Waals surface area contributed by atoms with Gasteiger partial charge in [0.2, 0.25) is 5.91 Å². The zero-order chi connectivity index (χ0) is 22.4. The minimum Gasteiger partial charge on any atom is -0.372 e. The van der Waals surface area contributed by atoms with Crippen LogP contribution in [-0.2, 0) is 4.79 Å². The van der Waals surface area contributed by atoms with Crippen LogP contribution >= 0.6 is 11.8 Å². The largest absolute Gasteiger partial charge is 0.372 e. The Morgan fingerprint density at radius 2 is 1.77 bits per heavy atom. The molecule has 0 fully saturated rings. The fourth-order valence-corrected chi connectivity index (χ4v) is 4.37. The summed E-state index contributed by atoms with van der Waals surface area (Å²) in [6.45, 7) is 10.2. The van der Waals surface area contributed by atoms with Crippen LogP contribution in [-0.4, -0.2) is 34.3 Å². The van der Waals surface area contributed by atoms with Gasteiger partial charge in [-0.25, -0.2) is 4.98 Å². The fraction of sp³-hybridized carbons (Fsp3) is 0.375. The van der Waals surface area contributed by atoms with Gasteiger partial charge in [-0.15, -0.1) is 0 Å². The van der Waals surface area contributed by atoms with Crippen molar-refractivity contribution in [2.24, 2.45) is 0 Å². The molecule has 1 atom stereocenters. The van der Waals surface area contributed by atoms with Gasteiger partial charge in [0.15, 0.2) is 5.16 Å². The molecule has 31 heavy (non-hydrogen) atoms. The van der Waals surface area contributed by atoms with Gasteiger partial charge in [0, 0.05) is 30.5 Å². The van der Waals surface area contributed by atoms with Crippen LogP contribution < -0.4 is 15.8 Å². The van der Waals surface area contributed by atoms with Crippen molar-refractivity contribution in [2.45, 2.75) is 45.3 Å².